The largest absolute Gasteiger partial charge is 0.489 e. The predicted molar refractivity (Wildman–Crippen MR) is 194 cm³/mol. The summed E-state index contributed by atoms with van der Waals surface area (Å²) in [5.74, 6) is 1.05. The third-order valence-corrected chi connectivity index (χ3v) is 8.42. The van der Waals surface area contributed by atoms with E-state index in [4.69, 9.17) is 25.5 Å². The minimum atomic E-state index is -0.325. The molecular weight excluding hydrogens is 660 g/mol. The van der Waals surface area contributed by atoms with Crippen molar-refractivity contribution >= 4 is 58.3 Å². The number of amidine groups is 1. The van der Waals surface area contributed by atoms with Crippen molar-refractivity contribution in [3.8, 4) is 11.5 Å². The second-order valence-corrected chi connectivity index (χ2v) is 12.4. The third-order valence-electron chi connectivity index (χ3n) is 7.19. The first-order chi connectivity index (χ1) is 23.9. The van der Waals surface area contributed by atoms with Crippen LogP contribution in [0, 0.1) is 6.92 Å². The van der Waals surface area contributed by atoms with Crippen molar-refractivity contribution in [2.75, 3.05) is 11.9 Å². The van der Waals surface area contributed by atoms with E-state index >= 15 is 0 Å². The molecule has 4 aromatic carbocycles. The molecule has 6 rings (SSSR count). The van der Waals surface area contributed by atoms with Gasteiger partial charge in [-0.3, -0.25) is 14.5 Å². The molecule has 1 aliphatic heterocycles. The van der Waals surface area contributed by atoms with E-state index in [0.717, 1.165) is 28.5 Å². The Morgan fingerprint density at radius 1 is 0.959 bits per heavy atom. The van der Waals surface area contributed by atoms with Crippen LogP contribution in [0.1, 0.15) is 28.0 Å². The summed E-state index contributed by atoms with van der Waals surface area (Å²) in [5.41, 5.74) is 4.13. The minimum absolute atomic E-state index is 0.158. The van der Waals surface area contributed by atoms with E-state index in [0.29, 0.717) is 50.2 Å². The zero-order chi connectivity index (χ0) is 34.0. The Bertz CT molecular complexity index is 2010. The summed E-state index contributed by atoms with van der Waals surface area (Å²) < 4.78 is 17.3. The Morgan fingerprint density at radius 3 is 2.59 bits per heavy atom. The van der Waals surface area contributed by atoms with E-state index in [1.165, 1.54) is 4.90 Å². The van der Waals surface area contributed by atoms with Gasteiger partial charge in [0.05, 0.1) is 23.9 Å². The highest BCUT2D eigenvalue weighted by atomic mass is 35.5. The highest BCUT2D eigenvalue weighted by Crippen LogP contribution is 2.36. The van der Waals surface area contributed by atoms with Crippen molar-refractivity contribution in [2.24, 2.45) is 10.2 Å². The molecular formula is C38H31ClN4O5S. The zero-order valence-electron chi connectivity index (χ0n) is 26.4. The number of carbonyl (C=O) groups excluding carboxylic acids is 2. The average Bonchev–Trinajstić information content (AvgIpc) is 3.73. The van der Waals surface area contributed by atoms with Gasteiger partial charge in [0.25, 0.3) is 11.8 Å². The fraction of sp³-hybridized carbons (Fsp3) is 0.105. The normalized spacial score (nSPS) is 14.6. The van der Waals surface area contributed by atoms with Crippen LogP contribution in [0.4, 0.5) is 5.69 Å². The van der Waals surface area contributed by atoms with E-state index in [9.17, 15) is 9.59 Å². The van der Waals surface area contributed by atoms with Gasteiger partial charge in [-0.05, 0) is 90.5 Å². The molecule has 0 aliphatic carbocycles. The molecule has 11 heteroatoms. The average molecular weight is 691 g/mol. The molecule has 0 saturated carbocycles. The molecule has 1 aliphatic rings. The van der Waals surface area contributed by atoms with Gasteiger partial charge in [-0.2, -0.15) is 5.10 Å². The lowest BCUT2D eigenvalue weighted by Crippen LogP contribution is -2.28. The number of halogens is 1. The molecule has 2 heterocycles. The molecule has 0 atom stereocenters. The van der Waals surface area contributed by atoms with Gasteiger partial charge in [-0.25, -0.2) is 0 Å². The molecule has 0 radical (unpaired) electrons. The number of rotatable bonds is 12. The highest BCUT2D eigenvalue weighted by molar-refractivity contribution is 8.18. The Kier molecular flexibility index (Phi) is 10.9. The number of nitrogens with one attached hydrogen (secondary N) is 1. The van der Waals surface area contributed by atoms with Gasteiger partial charge in [0, 0.05) is 16.3 Å². The van der Waals surface area contributed by atoms with Crippen LogP contribution in [-0.2, 0) is 22.7 Å². The molecule has 5 aromatic rings. The second kappa shape index (κ2) is 16.0. The van der Waals surface area contributed by atoms with Gasteiger partial charge in [0.15, 0.2) is 11.8 Å². The van der Waals surface area contributed by atoms with Crippen LogP contribution >= 0.6 is 23.4 Å². The van der Waals surface area contributed by atoms with E-state index in [1.807, 2.05) is 85.8 Å². The van der Waals surface area contributed by atoms with Crippen LogP contribution < -0.4 is 14.8 Å². The summed E-state index contributed by atoms with van der Waals surface area (Å²) in [5, 5.41) is 12.3. The van der Waals surface area contributed by atoms with Crippen molar-refractivity contribution in [1.82, 2.24) is 4.90 Å². The number of anilines is 1. The molecule has 0 unspecified atom stereocenters. The highest BCUT2D eigenvalue weighted by Gasteiger charge is 2.34. The first kappa shape index (κ1) is 33.3. The summed E-state index contributed by atoms with van der Waals surface area (Å²) in [4.78, 5) is 28.2. The molecule has 1 fully saturated rings. The van der Waals surface area contributed by atoms with Crippen molar-refractivity contribution in [3.05, 3.63) is 153 Å². The van der Waals surface area contributed by atoms with Gasteiger partial charge in [0.1, 0.15) is 23.9 Å². The summed E-state index contributed by atoms with van der Waals surface area (Å²) >= 11 is 7.49. The Balaban J connectivity index is 1.18. The molecule has 0 spiro atoms. The van der Waals surface area contributed by atoms with Crippen molar-refractivity contribution in [1.29, 1.82) is 0 Å². The number of hydrogen-bond acceptors (Lipinski definition) is 8. The number of ether oxygens (including phenoxy) is 2. The lowest BCUT2D eigenvalue weighted by molar-refractivity contribution is -0.122. The number of thioether (sulfide) groups is 1. The Morgan fingerprint density at radius 2 is 1.80 bits per heavy atom. The molecule has 49 heavy (non-hydrogen) atoms. The molecule has 2 amide bonds. The van der Waals surface area contributed by atoms with Gasteiger partial charge >= 0.3 is 0 Å². The fourth-order valence-corrected chi connectivity index (χ4v) is 5.84. The third kappa shape index (κ3) is 9.28. The van der Waals surface area contributed by atoms with Crippen LogP contribution in [0.15, 0.2) is 135 Å². The van der Waals surface area contributed by atoms with Crippen LogP contribution in [-0.4, -0.2) is 34.7 Å². The number of furan rings is 1. The van der Waals surface area contributed by atoms with Gasteiger partial charge in [-0.1, -0.05) is 71.8 Å². The zero-order valence-corrected chi connectivity index (χ0v) is 28.0. The van der Waals surface area contributed by atoms with Crippen LogP contribution in [0.5, 0.6) is 11.5 Å². The number of nitrogens with zero attached hydrogens (tertiary/aromatic N) is 3. The first-order valence-corrected chi connectivity index (χ1v) is 16.5. The van der Waals surface area contributed by atoms with Gasteiger partial charge < -0.3 is 19.2 Å². The minimum Gasteiger partial charge on any atom is -0.489 e. The smallest absolute Gasteiger partial charge is 0.267 e. The number of carbonyl (C=O) groups is 2. The molecule has 9 nitrogen and oxygen atoms in total. The summed E-state index contributed by atoms with van der Waals surface area (Å²) in [7, 11) is 0. The van der Waals surface area contributed by atoms with Crippen LogP contribution in [0.3, 0.4) is 0 Å². The Hall–Kier alpha value is -5.58. The lowest BCUT2D eigenvalue weighted by atomic mass is 10.2. The van der Waals surface area contributed by atoms with Crippen LogP contribution in [0.2, 0.25) is 5.02 Å². The monoisotopic (exact) mass is 690 g/mol. The maximum Gasteiger partial charge on any atom is 0.267 e. The summed E-state index contributed by atoms with van der Waals surface area (Å²) in [6.07, 6.45) is 4.82. The number of hydrogen-bond donors (Lipinski definition) is 1. The van der Waals surface area contributed by atoms with Crippen molar-refractivity contribution in [3.63, 3.8) is 0 Å². The molecule has 0 bridgehead atoms. The second-order valence-electron chi connectivity index (χ2n) is 10.9. The first-order valence-electron chi connectivity index (χ1n) is 15.3. The van der Waals surface area contributed by atoms with E-state index < -0.39 is 0 Å². The van der Waals surface area contributed by atoms with Crippen LogP contribution in [0.25, 0.3) is 6.08 Å². The van der Waals surface area contributed by atoms with E-state index in [1.54, 1.807) is 48.9 Å². The molecule has 1 aromatic heterocycles. The van der Waals surface area contributed by atoms with Crippen molar-refractivity contribution < 1.29 is 23.5 Å². The topological polar surface area (TPSA) is 106 Å². The quantitative estimate of drug-likeness (QED) is 0.0802. The lowest BCUT2D eigenvalue weighted by Gasteiger charge is -2.13. The number of benzene rings is 4. The van der Waals surface area contributed by atoms with E-state index in [-0.39, 0.29) is 25.0 Å². The number of amides is 2. The SMILES string of the molecule is Cc1ccc(NC(=O)COc2ccc(Cl)cc2/C=C2\S/C(=N\N=C\c3cccc(OCc4ccccc4)c3)N(Cc3ccco3)C2=O)cc1. The maximum absolute atomic E-state index is 13.7. The van der Waals surface area contributed by atoms with Crippen molar-refractivity contribution in [2.45, 2.75) is 20.1 Å². The molecule has 246 valence electrons. The standard InChI is InChI=1S/C38H31ClN4O5S/c1-26-12-15-31(16-13-26)41-36(44)25-48-34-17-14-30(39)20-29(34)21-35-37(45)43(23-33-11-6-18-46-33)38(49-35)42-40-22-28-9-5-10-32(19-28)47-24-27-7-3-2-4-8-27/h2-22H,23-25H2,1H3,(H,41,44)/b35-21-,40-22+,42-38-. The summed E-state index contributed by atoms with van der Waals surface area (Å²) in [6, 6.07) is 33.4. The molecule has 1 saturated heterocycles. The van der Waals surface area contributed by atoms with E-state index in [2.05, 4.69) is 15.5 Å². The predicted octanol–water partition coefficient (Wildman–Crippen LogP) is 8.34. The van der Waals surface area contributed by atoms with Gasteiger partial charge in [0.2, 0.25) is 0 Å². The fourth-order valence-electron chi connectivity index (χ4n) is 4.73. The van der Waals surface area contributed by atoms with Gasteiger partial charge in [-0.15, -0.1) is 5.10 Å². The maximum atomic E-state index is 13.7. The number of aryl methyl sites for hydroxylation is 1. The Labute approximate surface area is 292 Å². The molecule has 1 N–H and O–H groups in total. The summed E-state index contributed by atoms with van der Waals surface area (Å²) in [6.45, 7) is 2.34.